The van der Waals surface area contributed by atoms with Crippen molar-refractivity contribution in [3.05, 3.63) is 81.3 Å². The second-order valence-electron chi connectivity index (χ2n) is 7.45. The summed E-state index contributed by atoms with van der Waals surface area (Å²) in [5, 5.41) is 1.08. The van der Waals surface area contributed by atoms with E-state index in [4.69, 9.17) is 18.8 Å². The van der Waals surface area contributed by atoms with E-state index in [-0.39, 0.29) is 24.2 Å². The number of hydrogen-bond donors (Lipinski definition) is 0. The molecule has 8 nitrogen and oxygen atoms in total. The molecule has 7 rings (SSSR count). The van der Waals surface area contributed by atoms with Gasteiger partial charge in [-0.05, 0) is 36.4 Å². The number of nitrogens with zero attached hydrogens (tertiary/aromatic N) is 4. The standard InChI is InChI=1S/C22H12N4O4S2/c27-21-11-7-15(13-3-1-5-29-13)31-19(11)23-17-9-26-18(10-25(17)21)24-20-12(22(26)28)8-16(32-20)14-4-2-6-30-14/h1-8H,9-10H2. The topological polar surface area (TPSA) is 96.1 Å². The summed E-state index contributed by atoms with van der Waals surface area (Å²) in [7, 11) is 0. The monoisotopic (exact) mass is 460 g/mol. The molecule has 1 aliphatic heterocycles. The Labute approximate surface area is 186 Å². The van der Waals surface area contributed by atoms with Crippen LogP contribution in [0.25, 0.3) is 41.7 Å². The molecule has 156 valence electrons. The summed E-state index contributed by atoms with van der Waals surface area (Å²) in [5.41, 5.74) is -0.274. The van der Waals surface area contributed by atoms with Gasteiger partial charge in [0.2, 0.25) is 0 Å². The smallest absolute Gasteiger partial charge is 0.262 e. The molecule has 0 fully saturated rings. The van der Waals surface area contributed by atoms with Crippen molar-refractivity contribution in [3.8, 4) is 21.3 Å². The molecule has 0 radical (unpaired) electrons. The fraction of sp³-hybridized carbons (Fsp3) is 0.0909. The van der Waals surface area contributed by atoms with E-state index in [0.717, 1.165) is 9.75 Å². The van der Waals surface area contributed by atoms with Crippen molar-refractivity contribution < 1.29 is 8.83 Å². The van der Waals surface area contributed by atoms with E-state index in [0.29, 0.717) is 43.6 Å². The lowest BCUT2D eigenvalue weighted by atomic mass is 10.2. The van der Waals surface area contributed by atoms with Gasteiger partial charge in [-0.2, -0.15) is 0 Å². The van der Waals surface area contributed by atoms with Crippen molar-refractivity contribution in [1.82, 2.24) is 19.1 Å². The maximum Gasteiger partial charge on any atom is 0.262 e. The number of rotatable bonds is 2. The maximum absolute atomic E-state index is 13.2. The Balaban J connectivity index is 1.39. The minimum Gasteiger partial charge on any atom is -0.464 e. The summed E-state index contributed by atoms with van der Waals surface area (Å²) >= 11 is 2.80. The third kappa shape index (κ3) is 2.47. The molecule has 0 aliphatic carbocycles. The molecule has 0 unspecified atom stereocenters. The maximum atomic E-state index is 13.2. The average molecular weight is 460 g/mol. The molecule has 6 aromatic heterocycles. The fourth-order valence-electron chi connectivity index (χ4n) is 4.05. The molecule has 0 saturated carbocycles. The van der Waals surface area contributed by atoms with Gasteiger partial charge in [0.05, 0.1) is 46.1 Å². The van der Waals surface area contributed by atoms with E-state index >= 15 is 0 Å². The van der Waals surface area contributed by atoms with Gasteiger partial charge in [-0.15, -0.1) is 22.7 Å². The van der Waals surface area contributed by atoms with Gasteiger partial charge in [0, 0.05) is 0 Å². The van der Waals surface area contributed by atoms with E-state index in [1.165, 1.54) is 22.7 Å². The first kappa shape index (κ1) is 17.9. The summed E-state index contributed by atoms with van der Waals surface area (Å²) in [5.74, 6) is 2.49. The molecule has 10 heteroatoms. The Hall–Kier alpha value is -3.76. The van der Waals surface area contributed by atoms with Gasteiger partial charge < -0.3 is 8.83 Å². The number of furan rings is 2. The van der Waals surface area contributed by atoms with Crippen molar-refractivity contribution in [3.63, 3.8) is 0 Å². The van der Waals surface area contributed by atoms with Crippen LogP contribution in [0, 0.1) is 0 Å². The van der Waals surface area contributed by atoms with Gasteiger partial charge in [0.1, 0.15) is 32.8 Å². The highest BCUT2D eigenvalue weighted by Crippen LogP contribution is 2.33. The third-order valence-electron chi connectivity index (χ3n) is 5.59. The summed E-state index contributed by atoms with van der Waals surface area (Å²) in [6.07, 6.45) is 3.20. The summed E-state index contributed by atoms with van der Waals surface area (Å²) in [6, 6.07) is 10.9. The fourth-order valence-corrected chi connectivity index (χ4v) is 6.06. The number of thiophene rings is 2. The highest BCUT2D eigenvalue weighted by molar-refractivity contribution is 7.22. The zero-order valence-electron chi connectivity index (χ0n) is 16.3. The third-order valence-corrected chi connectivity index (χ3v) is 7.67. The van der Waals surface area contributed by atoms with Crippen LogP contribution in [0.4, 0.5) is 0 Å². The molecule has 0 amide bonds. The Morgan fingerprint density at radius 1 is 0.750 bits per heavy atom. The van der Waals surface area contributed by atoms with Crippen molar-refractivity contribution in [2.45, 2.75) is 13.1 Å². The number of fused-ring (bicyclic) bond motifs is 4. The SMILES string of the molecule is O=c1c2cc(-c3ccco3)sc2nc2n1Cc1nc3sc(-c4ccco4)cc3c(=O)n1C2. The molecule has 0 bridgehead atoms. The highest BCUT2D eigenvalue weighted by atomic mass is 32.1. The average Bonchev–Trinajstić information content (AvgIpc) is 3.59. The van der Waals surface area contributed by atoms with E-state index in [9.17, 15) is 9.59 Å². The quantitative estimate of drug-likeness (QED) is 0.384. The molecular formula is C22H12N4O4S2. The minimum atomic E-state index is -0.137. The summed E-state index contributed by atoms with van der Waals surface area (Å²) in [6.45, 7) is 0.393. The van der Waals surface area contributed by atoms with Gasteiger partial charge >= 0.3 is 0 Å². The molecule has 0 saturated heterocycles. The van der Waals surface area contributed by atoms with E-state index < -0.39 is 0 Å². The Bertz CT molecular complexity index is 1640. The first-order valence-electron chi connectivity index (χ1n) is 9.80. The molecule has 0 N–H and O–H groups in total. The Morgan fingerprint density at radius 3 is 1.62 bits per heavy atom. The predicted molar refractivity (Wildman–Crippen MR) is 121 cm³/mol. The van der Waals surface area contributed by atoms with Gasteiger partial charge in [-0.25, -0.2) is 9.97 Å². The zero-order chi connectivity index (χ0) is 21.4. The van der Waals surface area contributed by atoms with Crippen LogP contribution in [0.3, 0.4) is 0 Å². The minimum absolute atomic E-state index is 0.137. The van der Waals surface area contributed by atoms with Crippen LogP contribution >= 0.6 is 22.7 Å². The summed E-state index contributed by atoms with van der Waals surface area (Å²) < 4.78 is 14.1. The molecule has 0 aromatic carbocycles. The van der Waals surface area contributed by atoms with E-state index in [1.54, 1.807) is 21.7 Å². The lowest BCUT2D eigenvalue weighted by Crippen LogP contribution is -2.37. The lowest BCUT2D eigenvalue weighted by molar-refractivity contribution is 0.522. The van der Waals surface area contributed by atoms with E-state index in [1.807, 2.05) is 36.4 Å². The van der Waals surface area contributed by atoms with Crippen LogP contribution in [-0.2, 0) is 13.1 Å². The van der Waals surface area contributed by atoms with Crippen molar-refractivity contribution in [2.24, 2.45) is 0 Å². The molecule has 0 atom stereocenters. The Morgan fingerprint density at radius 2 is 1.22 bits per heavy atom. The molecule has 0 spiro atoms. The van der Waals surface area contributed by atoms with Gasteiger partial charge in [-0.1, -0.05) is 0 Å². The van der Waals surface area contributed by atoms with Crippen LogP contribution in [0.5, 0.6) is 0 Å². The van der Waals surface area contributed by atoms with Crippen LogP contribution in [0.1, 0.15) is 11.6 Å². The Kier molecular flexibility index (Phi) is 3.56. The zero-order valence-corrected chi connectivity index (χ0v) is 17.9. The first-order chi connectivity index (χ1) is 15.7. The van der Waals surface area contributed by atoms with Crippen molar-refractivity contribution in [1.29, 1.82) is 0 Å². The van der Waals surface area contributed by atoms with Gasteiger partial charge in [-0.3, -0.25) is 18.7 Å². The lowest BCUT2D eigenvalue weighted by Gasteiger charge is -2.21. The van der Waals surface area contributed by atoms with Crippen LogP contribution in [-0.4, -0.2) is 19.1 Å². The van der Waals surface area contributed by atoms with Crippen molar-refractivity contribution >= 4 is 43.1 Å². The van der Waals surface area contributed by atoms with Gasteiger partial charge in [0.15, 0.2) is 0 Å². The van der Waals surface area contributed by atoms with Gasteiger partial charge in [0.25, 0.3) is 11.1 Å². The number of hydrogen-bond acceptors (Lipinski definition) is 8. The first-order valence-corrected chi connectivity index (χ1v) is 11.4. The molecule has 32 heavy (non-hydrogen) atoms. The largest absolute Gasteiger partial charge is 0.464 e. The summed E-state index contributed by atoms with van der Waals surface area (Å²) in [4.78, 5) is 38.9. The normalized spacial score (nSPS) is 13.0. The van der Waals surface area contributed by atoms with Crippen LogP contribution < -0.4 is 11.1 Å². The van der Waals surface area contributed by atoms with E-state index in [2.05, 4.69) is 0 Å². The molecule has 7 heterocycles. The second-order valence-corrected chi connectivity index (χ2v) is 9.51. The highest BCUT2D eigenvalue weighted by Gasteiger charge is 2.24. The van der Waals surface area contributed by atoms with Crippen LogP contribution in [0.15, 0.2) is 67.3 Å². The predicted octanol–water partition coefficient (Wildman–Crippen LogP) is 4.16. The molecule has 6 aromatic rings. The van der Waals surface area contributed by atoms with Crippen LogP contribution in [0.2, 0.25) is 0 Å². The molecule has 1 aliphatic rings. The molecular weight excluding hydrogens is 448 g/mol. The number of aromatic nitrogens is 4. The van der Waals surface area contributed by atoms with Crippen molar-refractivity contribution in [2.75, 3.05) is 0 Å². The second kappa shape index (κ2) is 6.38.